The zero-order chi connectivity index (χ0) is 61.7. The fourth-order valence-electron chi connectivity index (χ4n) is 10.7. The SMILES string of the molecule is CC/C=C\C/C=C\C/C=C\C/C=C\C/C=C\CCCCCCCCCCCC(=O)OC1C(OCC(NC(=O)C(O)CCCCCCCCCC/C=C/CCCCCCCC)C(O)/C=C/CCCCCCCCCCCCC)OC(CO)C(O)C1O. The summed E-state index contributed by atoms with van der Waals surface area (Å²) in [6.07, 6.45) is 70.4. The van der Waals surface area contributed by atoms with Crippen LogP contribution in [-0.2, 0) is 23.8 Å². The number of aliphatic hydroxyl groups excluding tert-OH is 5. The normalized spacial score (nSPS) is 18.9. The minimum Gasteiger partial charge on any atom is -0.454 e. The van der Waals surface area contributed by atoms with Crippen LogP contribution in [0.5, 0.6) is 0 Å². The first-order chi connectivity index (χ1) is 41.7. The minimum atomic E-state index is -1.62. The summed E-state index contributed by atoms with van der Waals surface area (Å²) < 4.78 is 17.7. The lowest BCUT2D eigenvalue weighted by atomic mass is 9.99. The Labute approximate surface area is 521 Å². The third kappa shape index (κ3) is 48.4. The van der Waals surface area contributed by atoms with E-state index >= 15 is 0 Å². The second-order valence-electron chi connectivity index (χ2n) is 24.2. The second kappa shape index (κ2) is 61.1. The summed E-state index contributed by atoms with van der Waals surface area (Å²) >= 11 is 0. The van der Waals surface area contributed by atoms with E-state index < -0.39 is 67.4 Å². The van der Waals surface area contributed by atoms with Gasteiger partial charge in [-0.05, 0) is 96.3 Å². The molecule has 0 aromatic carbocycles. The van der Waals surface area contributed by atoms with E-state index in [1.165, 1.54) is 154 Å². The molecule has 85 heavy (non-hydrogen) atoms. The summed E-state index contributed by atoms with van der Waals surface area (Å²) in [6, 6.07) is -1.03. The molecule has 11 nitrogen and oxygen atoms in total. The number of aliphatic hydroxyl groups is 5. The van der Waals surface area contributed by atoms with Crippen molar-refractivity contribution in [1.29, 1.82) is 0 Å². The number of ether oxygens (including phenoxy) is 3. The van der Waals surface area contributed by atoms with Crippen molar-refractivity contribution < 1.29 is 49.3 Å². The van der Waals surface area contributed by atoms with E-state index in [1.807, 2.05) is 6.08 Å². The molecule has 1 heterocycles. The van der Waals surface area contributed by atoms with Crippen LogP contribution in [0.25, 0.3) is 0 Å². The lowest BCUT2D eigenvalue weighted by molar-refractivity contribution is -0.305. The highest BCUT2D eigenvalue weighted by atomic mass is 16.7. The number of rotatable bonds is 60. The van der Waals surface area contributed by atoms with Crippen molar-refractivity contribution in [2.75, 3.05) is 13.2 Å². The summed E-state index contributed by atoms with van der Waals surface area (Å²) in [5, 5.41) is 57.3. The number of esters is 1. The number of hydrogen-bond donors (Lipinski definition) is 6. The first-order valence-electron chi connectivity index (χ1n) is 35.4. The molecular weight excluding hydrogens is 1060 g/mol. The number of unbranched alkanes of at least 4 members (excludes halogenated alkanes) is 34. The van der Waals surface area contributed by atoms with Crippen LogP contribution in [0.1, 0.15) is 310 Å². The van der Waals surface area contributed by atoms with Crippen molar-refractivity contribution in [2.24, 2.45) is 0 Å². The lowest BCUT2D eigenvalue weighted by Crippen LogP contribution is -2.61. The first-order valence-corrected chi connectivity index (χ1v) is 35.4. The van der Waals surface area contributed by atoms with Gasteiger partial charge >= 0.3 is 5.97 Å². The summed E-state index contributed by atoms with van der Waals surface area (Å²) in [7, 11) is 0. The Balaban J connectivity index is 2.60. The minimum absolute atomic E-state index is 0.113. The molecule has 1 aliphatic rings. The van der Waals surface area contributed by atoms with Crippen LogP contribution < -0.4 is 5.32 Å². The maximum atomic E-state index is 13.5. The zero-order valence-corrected chi connectivity index (χ0v) is 54.7. The summed E-state index contributed by atoms with van der Waals surface area (Å²) in [4.78, 5) is 26.7. The van der Waals surface area contributed by atoms with Gasteiger partial charge in [-0.3, -0.25) is 9.59 Å². The second-order valence-corrected chi connectivity index (χ2v) is 24.2. The van der Waals surface area contributed by atoms with Crippen molar-refractivity contribution in [1.82, 2.24) is 5.32 Å². The van der Waals surface area contributed by atoms with Gasteiger partial charge < -0.3 is 45.1 Å². The smallest absolute Gasteiger partial charge is 0.306 e. The molecule has 0 radical (unpaired) electrons. The molecule has 6 N–H and O–H groups in total. The van der Waals surface area contributed by atoms with Gasteiger partial charge in [0.1, 0.15) is 24.4 Å². The van der Waals surface area contributed by atoms with E-state index in [9.17, 15) is 35.1 Å². The van der Waals surface area contributed by atoms with E-state index in [4.69, 9.17) is 14.2 Å². The molecule has 1 aliphatic heterocycles. The summed E-state index contributed by atoms with van der Waals surface area (Å²) in [5.41, 5.74) is 0. The Bertz CT molecular complexity index is 1710. The van der Waals surface area contributed by atoms with Crippen molar-refractivity contribution in [3.63, 3.8) is 0 Å². The van der Waals surface area contributed by atoms with Gasteiger partial charge in [-0.2, -0.15) is 0 Å². The van der Waals surface area contributed by atoms with Crippen LogP contribution >= 0.6 is 0 Å². The van der Waals surface area contributed by atoms with Crippen LogP contribution in [0.15, 0.2) is 85.1 Å². The maximum absolute atomic E-state index is 13.5. The molecular formula is C74H131NO10. The van der Waals surface area contributed by atoms with Crippen LogP contribution in [0.4, 0.5) is 0 Å². The lowest BCUT2D eigenvalue weighted by Gasteiger charge is -2.41. The van der Waals surface area contributed by atoms with Gasteiger partial charge in [0, 0.05) is 6.42 Å². The molecule has 0 aliphatic carbocycles. The molecule has 0 saturated carbocycles. The van der Waals surface area contributed by atoms with Gasteiger partial charge in [0.25, 0.3) is 0 Å². The zero-order valence-electron chi connectivity index (χ0n) is 54.7. The Morgan fingerprint density at radius 3 is 1.28 bits per heavy atom. The Morgan fingerprint density at radius 2 is 0.847 bits per heavy atom. The predicted octanol–water partition coefficient (Wildman–Crippen LogP) is 18.1. The molecule has 0 spiro atoms. The summed E-state index contributed by atoms with van der Waals surface area (Å²) in [6.45, 7) is 5.70. The Kier molecular flexibility index (Phi) is 57.4. The molecule has 8 atom stereocenters. The molecule has 1 amide bonds. The highest BCUT2D eigenvalue weighted by molar-refractivity contribution is 5.80. The van der Waals surface area contributed by atoms with E-state index in [0.29, 0.717) is 12.8 Å². The average molecular weight is 1190 g/mol. The van der Waals surface area contributed by atoms with Crippen LogP contribution in [0.2, 0.25) is 0 Å². The number of allylic oxidation sites excluding steroid dienone is 13. The van der Waals surface area contributed by atoms with Gasteiger partial charge in [-0.25, -0.2) is 0 Å². The van der Waals surface area contributed by atoms with E-state index in [2.05, 4.69) is 99.0 Å². The number of amides is 1. The molecule has 11 heteroatoms. The predicted molar refractivity (Wildman–Crippen MR) is 356 cm³/mol. The Morgan fingerprint density at radius 1 is 0.471 bits per heavy atom. The molecule has 0 bridgehead atoms. The fourth-order valence-corrected chi connectivity index (χ4v) is 10.7. The molecule has 0 aromatic heterocycles. The first kappa shape index (κ1) is 79.9. The van der Waals surface area contributed by atoms with Crippen molar-refractivity contribution in [3.05, 3.63) is 85.1 Å². The largest absolute Gasteiger partial charge is 0.454 e. The molecule has 1 fully saturated rings. The van der Waals surface area contributed by atoms with Crippen LogP contribution in [0.3, 0.4) is 0 Å². The quantitative estimate of drug-likeness (QED) is 0.0195. The number of carbonyl (C=O) groups excluding carboxylic acids is 2. The maximum Gasteiger partial charge on any atom is 0.306 e. The van der Waals surface area contributed by atoms with Gasteiger partial charge in [0.2, 0.25) is 5.91 Å². The topological polar surface area (TPSA) is 175 Å². The van der Waals surface area contributed by atoms with Crippen LogP contribution in [0, 0.1) is 0 Å². The summed E-state index contributed by atoms with van der Waals surface area (Å²) in [5.74, 6) is -1.20. The fraction of sp³-hybridized carbons (Fsp3) is 0.784. The van der Waals surface area contributed by atoms with E-state index in [-0.39, 0.29) is 19.4 Å². The number of hydrogen-bond acceptors (Lipinski definition) is 10. The molecule has 1 saturated heterocycles. The van der Waals surface area contributed by atoms with Crippen LogP contribution in [-0.4, -0.2) is 99.6 Å². The monoisotopic (exact) mass is 1190 g/mol. The standard InChI is InChI=1S/C74H131NO10/c1-4-7-10-13-16-19-22-25-27-29-31-32-33-34-35-36-37-39-41-44-47-50-53-56-59-62-69(79)85-72-71(81)70(80)68(63-76)84-74(72)83-64-65(66(77)60-57-54-51-48-45-42-24-21-18-15-12-9-6-3)75-73(82)67(78)61-58-55-52-49-46-43-40-38-30-28-26-23-20-17-14-11-8-5-2/h7,10,16,19,25-28,31-32,34-35,57,60,65-68,70-72,74,76-78,80-81H,4-6,8-9,11-15,17-18,20-24,29-30,33,36-56,58-59,61-64H2,1-3H3,(H,75,82)/b10-7-,19-16-,27-25-,28-26+,32-31-,35-34-,60-57+. The molecule has 492 valence electrons. The van der Waals surface area contributed by atoms with Gasteiger partial charge in [0.15, 0.2) is 12.4 Å². The third-order valence-electron chi connectivity index (χ3n) is 16.3. The van der Waals surface area contributed by atoms with Gasteiger partial charge in [-0.15, -0.1) is 0 Å². The molecule has 1 rings (SSSR count). The van der Waals surface area contributed by atoms with Crippen molar-refractivity contribution >= 4 is 11.9 Å². The van der Waals surface area contributed by atoms with Crippen molar-refractivity contribution in [2.45, 2.75) is 359 Å². The average Bonchev–Trinajstić information content (AvgIpc) is 3.34. The molecule has 0 aromatic rings. The number of carbonyl (C=O) groups is 2. The third-order valence-corrected chi connectivity index (χ3v) is 16.3. The number of nitrogens with one attached hydrogen (secondary N) is 1. The Hall–Kier alpha value is -3.16. The van der Waals surface area contributed by atoms with Crippen molar-refractivity contribution in [3.8, 4) is 0 Å². The van der Waals surface area contributed by atoms with E-state index in [1.54, 1.807) is 6.08 Å². The molecule has 8 unspecified atom stereocenters. The van der Waals surface area contributed by atoms with Gasteiger partial charge in [-0.1, -0.05) is 292 Å². The van der Waals surface area contributed by atoms with E-state index in [0.717, 1.165) is 109 Å². The van der Waals surface area contributed by atoms with Gasteiger partial charge in [0.05, 0.1) is 25.4 Å². The highest BCUT2D eigenvalue weighted by Gasteiger charge is 2.47. The highest BCUT2D eigenvalue weighted by Crippen LogP contribution is 2.26.